The molecule has 2 heteroatoms. The van der Waals surface area contributed by atoms with Gasteiger partial charge in [-0.25, -0.2) is 0 Å². The second-order valence-corrected chi connectivity index (χ2v) is 3.68. The van der Waals surface area contributed by atoms with E-state index in [0.29, 0.717) is 0 Å². The van der Waals surface area contributed by atoms with Gasteiger partial charge in [-0.05, 0) is 12.1 Å². The van der Waals surface area contributed by atoms with Crippen LogP contribution in [0.3, 0.4) is 0 Å². The SMILES string of the molecule is CN(C)c1cccc2c(C#N)cccc12. The maximum atomic E-state index is 9.00. The highest BCUT2D eigenvalue weighted by molar-refractivity contribution is 5.97. The standard InChI is InChI=1S/C13H12N2/c1-15(2)13-8-4-6-11-10(9-14)5-3-7-12(11)13/h3-8H,1-2H3. The first-order valence-electron chi connectivity index (χ1n) is 4.83. The second-order valence-electron chi connectivity index (χ2n) is 3.68. The van der Waals surface area contributed by atoms with Crippen LogP contribution in [0.25, 0.3) is 10.8 Å². The number of hydrogen-bond donors (Lipinski definition) is 0. The van der Waals surface area contributed by atoms with E-state index in [4.69, 9.17) is 5.26 Å². The van der Waals surface area contributed by atoms with Crippen LogP contribution in [0, 0.1) is 11.3 Å². The Labute approximate surface area is 89.4 Å². The van der Waals surface area contributed by atoms with Crippen LogP contribution in [-0.2, 0) is 0 Å². The molecule has 2 aromatic rings. The topological polar surface area (TPSA) is 27.0 Å². The Morgan fingerprint density at radius 2 is 1.67 bits per heavy atom. The van der Waals surface area contributed by atoms with E-state index < -0.39 is 0 Å². The summed E-state index contributed by atoms with van der Waals surface area (Å²) in [6.45, 7) is 0. The number of nitriles is 1. The monoisotopic (exact) mass is 196 g/mol. The third-order valence-electron chi connectivity index (χ3n) is 2.50. The zero-order valence-electron chi connectivity index (χ0n) is 8.86. The number of hydrogen-bond acceptors (Lipinski definition) is 2. The molecular formula is C13H12N2. The molecule has 2 rings (SSSR count). The number of anilines is 1. The maximum Gasteiger partial charge on any atom is 0.0998 e. The van der Waals surface area contributed by atoms with Crippen molar-refractivity contribution in [2.45, 2.75) is 0 Å². The molecule has 0 aliphatic rings. The molecule has 0 saturated heterocycles. The van der Waals surface area contributed by atoms with Crippen molar-refractivity contribution >= 4 is 16.5 Å². The van der Waals surface area contributed by atoms with Crippen molar-refractivity contribution in [1.29, 1.82) is 5.26 Å². The average molecular weight is 196 g/mol. The molecule has 2 aromatic carbocycles. The largest absolute Gasteiger partial charge is 0.377 e. The lowest BCUT2D eigenvalue weighted by Gasteiger charge is -2.15. The fourth-order valence-corrected chi connectivity index (χ4v) is 1.78. The zero-order chi connectivity index (χ0) is 10.8. The summed E-state index contributed by atoms with van der Waals surface area (Å²) in [6.07, 6.45) is 0. The predicted molar refractivity (Wildman–Crippen MR) is 63.0 cm³/mol. The number of nitrogens with zero attached hydrogens (tertiary/aromatic N) is 2. The van der Waals surface area contributed by atoms with Gasteiger partial charge in [0.15, 0.2) is 0 Å². The Kier molecular flexibility index (Phi) is 2.31. The Bertz CT molecular complexity index is 536. The maximum absolute atomic E-state index is 9.00. The van der Waals surface area contributed by atoms with Gasteiger partial charge in [-0.3, -0.25) is 0 Å². The van der Waals surface area contributed by atoms with Crippen molar-refractivity contribution in [3.05, 3.63) is 42.0 Å². The summed E-state index contributed by atoms with van der Waals surface area (Å²) in [4.78, 5) is 2.06. The summed E-state index contributed by atoms with van der Waals surface area (Å²) in [7, 11) is 4.02. The van der Waals surface area contributed by atoms with E-state index in [1.165, 1.54) is 0 Å². The predicted octanol–water partition coefficient (Wildman–Crippen LogP) is 2.78. The van der Waals surface area contributed by atoms with Crippen LogP contribution >= 0.6 is 0 Å². The minimum Gasteiger partial charge on any atom is -0.377 e. The summed E-state index contributed by atoms with van der Waals surface area (Å²) in [6, 6.07) is 14.1. The first-order valence-corrected chi connectivity index (χ1v) is 4.83. The van der Waals surface area contributed by atoms with Crippen LogP contribution in [0.1, 0.15) is 5.56 Å². The van der Waals surface area contributed by atoms with Crippen LogP contribution in [0.2, 0.25) is 0 Å². The molecule has 0 spiro atoms. The summed E-state index contributed by atoms with van der Waals surface area (Å²) in [5, 5.41) is 11.1. The van der Waals surface area contributed by atoms with Crippen LogP contribution in [0.5, 0.6) is 0 Å². The molecular weight excluding hydrogens is 184 g/mol. The zero-order valence-corrected chi connectivity index (χ0v) is 8.86. The molecule has 15 heavy (non-hydrogen) atoms. The molecule has 0 N–H and O–H groups in total. The van der Waals surface area contributed by atoms with Crippen molar-refractivity contribution in [1.82, 2.24) is 0 Å². The van der Waals surface area contributed by atoms with Crippen molar-refractivity contribution < 1.29 is 0 Å². The van der Waals surface area contributed by atoms with Crippen molar-refractivity contribution in [3.8, 4) is 6.07 Å². The van der Waals surface area contributed by atoms with Crippen LogP contribution in [0.15, 0.2) is 36.4 Å². The Hall–Kier alpha value is -2.01. The number of rotatable bonds is 1. The molecule has 0 heterocycles. The lowest BCUT2D eigenvalue weighted by molar-refractivity contribution is 1.14. The van der Waals surface area contributed by atoms with Gasteiger partial charge in [-0.1, -0.05) is 24.3 Å². The van der Waals surface area contributed by atoms with Crippen molar-refractivity contribution in [3.63, 3.8) is 0 Å². The molecule has 0 saturated carbocycles. The van der Waals surface area contributed by atoms with Gasteiger partial charge in [-0.2, -0.15) is 5.26 Å². The molecule has 0 amide bonds. The van der Waals surface area contributed by atoms with Gasteiger partial charge in [0, 0.05) is 30.6 Å². The van der Waals surface area contributed by atoms with Gasteiger partial charge in [0.2, 0.25) is 0 Å². The van der Waals surface area contributed by atoms with E-state index in [2.05, 4.69) is 17.0 Å². The molecule has 0 aromatic heterocycles. The fourth-order valence-electron chi connectivity index (χ4n) is 1.78. The van der Waals surface area contributed by atoms with Crippen LogP contribution < -0.4 is 4.90 Å². The smallest absolute Gasteiger partial charge is 0.0998 e. The molecule has 0 fully saturated rings. The average Bonchev–Trinajstić information content (AvgIpc) is 2.27. The molecule has 0 unspecified atom stereocenters. The first kappa shape index (κ1) is 9.54. The lowest BCUT2D eigenvalue weighted by Crippen LogP contribution is -2.08. The quantitative estimate of drug-likeness (QED) is 0.701. The van der Waals surface area contributed by atoms with Crippen molar-refractivity contribution in [2.75, 3.05) is 19.0 Å². The van der Waals surface area contributed by atoms with Gasteiger partial charge in [0.05, 0.1) is 11.6 Å². The molecule has 0 bridgehead atoms. The van der Waals surface area contributed by atoms with E-state index in [0.717, 1.165) is 22.0 Å². The molecule has 2 nitrogen and oxygen atoms in total. The summed E-state index contributed by atoms with van der Waals surface area (Å²) in [5.41, 5.74) is 1.88. The molecule has 0 radical (unpaired) electrons. The minimum absolute atomic E-state index is 0.733. The Balaban J connectivity index is 2.84. The first-order chi connectivity index (χ1) is 7.24. The second kappa shape index (κ2) is 3.62. The van der Waals surface area contributed by atoms with Gasteiger partial charge >= 0.3 is 0 Å². The molecule has 0 aliphatic heterocycles. The van der Waals surface area contributed by atoms with Gasteiger partial charge in [-0.15, -0.1) is 0 Å². The summed E-state index contributed by atoms with van der Waals surface area (Å²) >= 11 is 0. The van der Waals surface area contributed by atoms with E-state index in [-0.39, 0.29) is 0 Å². The third-order valence-corrected chi connectivity index (χ3v) is 2.50. The van der Waals surface area contributed by atoms with E-state index in [1.807, 2.05) is 44.4 Å². The van der Waals surface area contributed by atoms with Crippen LogP contribution in [0.4, 0.5) is 5.69 Å². The molecule has 74 valence electrons. The van der Waals surface area contributed by atoms with Crippen molar-refractivity contribution in [2.24, 2.45) is 0 Å². The fraction of sp³-hybridized carbons (Fsp3) is 0.154. The van der Waals surface area contributed by atoms with E-state index >= 15 is 0 Å². The van der Waals surface area contributed by atoms with Gasteiger partial charge < -0.3 is 4.90 Å². The normalized spacial score (nSPS) is 9.93. The molecule has 0 aliphatic carbocycles. The third kappa shape index (κ3) is 1.53. The molecule has 0 atom stereocenters. The Morgan fingerprint density at radius 1 is 1.00 bits per heavy atom. The van der Waals surface area contributed by atoms with E-state index in [1.54, 1.807) is 0 Å². The summed E-state index contributed by atoms with van der Waals surface area (Å²) in [5.74, 6) is 0. The number of fused-ring (bicyclic) bond motifs is 1. The van der Waals surface area contributed by atoms with E-state index in [9.17, 15) is 0 Å². The Morgan fingerprint density at radius 3 is 2.33 bits per heavy atom. The highest BCUT2D eigenvalue weighted by Gasteiger charge is 2.04. The van der Waals surface area contributed by atoms with Gasteiger partial charge in [0.25, 0.3) is 0 Å². The highest BCUT2D eigenvalue weighted by Crippen LogP contribution is 2.27. The summed E-state index contributed by atoms with van der Waals surface area (Å²) < 4.78 is 0. The number of benzene rings is 2. The highest BCUT2D eigenvalue weighted by atomic mass is 15.1. The minimum atomic E-state index is 0.733. The van der Waals surface area contributed by atoms with Crippen LogP contribution in [-0.4, -0.2) is 14.1 Å². The van der Waals surface area contributed by atoms with Gasteiger partial charge in [0.1, 0.15) is 0 Å². The lowest BCUT2D eigenvalue weighted by atomic mass is 10.0.